The van der Waals surface area contributed by atoms with Crippen LogP contribution in [0.2, 0.25) is 0 Å². The Bertz CT molecular complexity index is 844. The van der Waals surface area contributed by atoms with Crippen LogP contribution < -0.4 is 15.4 Å². The van der Waals surface area contributed by atoms with Gasteiger partial charge in [-0.3, -0.25) is 9.79 Å². The topological polar surface area (TPSA) is 66.0 Å². The first-order chi connectivity index (χ1) is 15.0. The highest BCUT2D eigenvalue weighted by Crippen LogP contribution is 2.11. The van der Waals surface area contributed by atoms with Gasteiger partial charge in [-0.05, 0) is 68.1 Å². The highest BCUT2D eigenvalue weighted by Gasteiger charge is 2.08. The first-order valence-corrected chi connectivity index (χ1v) is 10.7. The molecule has 0 atom stereocenters. The number of rotatable bonds is 11. The van der Waals surface area contributed by atoms with Crippen molar-refractivity contribution in [2.24, 2.45) is 4.99 Å². The van der Waals surface area contributed by atoms with Gasteiger partial charge in [0.2, 0.25) is 0 Å². The van der Waals surface area contributed by atoms with Gasteiger partial charge >= 0.3 is 0 Å². The van der Waals surface area contributed by atoms with Crippen molar-refractivity contribution in [2.75, 3.05) is 40.3 Å². The molecule has 0 saturated heterocycles. The van der Waals surface area contributed by atoms with Crippen LogP contribution in [0.25, 0.3) is 0 Å². The van der Waals surface area contributed by atoms with E-state index in [2.05, 4.69) is 15.6 Å². The summed E-state index contributed by atoms with van der Waals surface area (Å²) in [5, 5.41) is 6.59. The molecule has 176 valence electrons. The van der Waals surface area contributed by atoms with Crippen LogP contribution in [-0.4, -0.2) is 57.1 Å². The molecule has 0 aliphatic heterocycles. The molecule has 0 saturated carbocycles. The van der Waals surface area contributed by atoms with Gasteiger partial charge in [0, 0.05) is 39.3 Å². The number of guanidine groups is 1. The lowest BCUT2D eigenvalue weighted by molar-refractivity contribution is 0.0827. The second kappa shape index (κ2) is 15.4. The minimum Gasteiger partial charge on any atom is -0.494 e. The second-order valence-electron chi connectivity index (χ2n) is 7.35. The molecule has 2 aromatic rings. The Hall–Kier alpha value is -2.36. The van der Waals surface area contributed by atoms with Crippen molar-refractivity contribution in [1.82, 2.24) is 15.5 Å². The maximum Gasteiger partial charge on any atom is 0.253 e. The van der Waals surface area contributed by atoms with Gasteiger partial charge in [-0.2, -0.15) is 0 Å². The predicted molar refractivity (Wildman–Crippen MR) is 139 cm³/mol. The molecule has 2 N–H and O–H groups in total. The molecule has 0 bridgehead atoms. The summed E-state index contributed by atoms with van der Waals surface area (Å²) in [5.74, 6) is 1.20. The third-order valence-corrected chi connectivity index (χ3v) is 4.54. The number of nitrogens with one attached hydrogen (secondary N) is 2. The third kappa shape index (κ3) is 10.3. The molecular weight excluding hydrogens is 522 g/mol. The van der Waals surface area contributed by atoms with Gasteiger partial charge in [0.15, 0.2) is 5.96 Å². The molecule has 0 aliphatic rings. The zero-order valence-electron chi connectivity index (χ0n) is 19.1. The molecule has 0 heterocycles. The number of carbonyl (C=O) groups excluding carboxylic acids is 1. The van der Waals surface area contributed by atoms with Crippen LogP contribution in [0.5, 0.6) is 5.75 Å². The highest BCUT2D eigenvalue weighted by atomic mass is 127. The number of aliphatic imine (C=N–C) groups is 1. The van der Waals surface area contributed by atoms with Crippen molar-refractivity contribution in [3.63, 3.8) is 0 Å². The van der Waals surface area contributed by atoms with Gasteiger partial charge in [0.1, 0.15) is 11.6 Å². The van der Waals surface area contributed by atoms with E-state index < -0.39 is 0 Å². The van der Waals surface area contributed by atoms with Crippen molar-refractivity contribution in [3.8, 4) is 5.75 Å². The van der Waals surface area contributed by atoms with E-state index in [1.54, 1.807) is 31.1 Å². The van der Waals surface area contributed by atoms with Gasteiger partial charge in [-0.1, -0.05) is 12.1 Å². The number of nitrogens with zero attached hydrogens (tertiary/aromatic N) is 2. The molecule has 6 nitrogen and oxygen atoms in total. The van der Waals surface area contributed by atoms with Crippen LogP contribution in [0, 0.1) is 5.82 Å². The summed E-state index contributed by atoms with van der Waals surface area (Å²) in [6.45, 7) is 4.80. The van der Waals surface area contributed by atoms with E-state index >= 15 is 0 Å². The van der Waals surface area contributed by atoms with Crippen LogP contribution in [0.4, 0.5) is 4.39 Å². The summed E-state index contributed by atoms with van der Waals surface area (Å²) in [6, 6.07) is 13.8. The van der Waals surface area contributed by atoms with Gasteiger partial charge in [0.25, 0.3) is 5.91 Å². The minimum atomic E-state index is -0.264. The fourth-order valence-electron chi connectivity index (χ4n) is 2.91. The van der Waals surface area contributed by atoms with Crippen molar-refractivity contribution < 1.29 is 13.9 Å². The Balaban J connectivity index is 0.00000512. The monoisotopic (exact) mass is 556 g/mol. The summed E-state index contributed by atoms with van der Waals surface area (Å²) >= 11 is 0. The smallest absolute Gasteiger partial charge is 0.253 e. The molecular formula is C24H34FIN4O2. The van der Waals surface area contributed by atoms with Crippen molar-refractivity contribution in [2.45, 2.75) is 26.2 Å². The molecule has 8 heteroatoms. The molecule has 0 aliphatic carbocycles. The lowest BCUT2D eigenvalue weighted by Gasteiger charge is -2.13. The van der Waals surface area contributed by atoms with Crippen LogP contribution >= 0.6 is 24.0 Å². The van der Waals surface area contributed by atoms with E-state index in [0.29, 0.717) is 24.5 Å². The van der Waals surface area contributed by atoms with Gasteiger partial charge in [-0.15, -0.1) is 24.0 Å². The number of ether oxygens (including phenoxy) is 1. The number of hydrogen-bond acceptors (Lipinski definition) is 3. The Morgan fingerprint density at radius 1 is 1.09 bits per heavy atom. The minimum absolute atomic E-state index is 0. The molecule has 0 fully saturated rings. The maximum absolute atomic E-state index is 12.9. The highest BCUT2D eigenvalue weighted by molar-refractivity contribution is 14.0. The zero-order valence-corrected chi connectivity index (χ0v) is 21.4. The van der Waals surface area contributed by atoms with Crippen LogP contribution in [0.3, 0.4) is 0 Å². The Kier molecular flexibility index (Phi) is 13.4. The number of halogens is 2. The van der Waals surface area contributed by atoms with Crippen LogP contribution in [0.15, 0.2) is 53.5 Å². The average molecular weight is 556 g/mol. The zero-order chi connectivity index (χ0) is 22.5. The molecule has 0 aromatic heterocycles. The fraction of sp³-hybridized carbons (Fsp3) is 0.417. The molecule has 0 spiro atoms. The van der Waals surface area contributed by atoms with Gasteiger partial charge in [0.05, 0.1) is 6.61 Å². The third-order valence-electron chi connectivity index (χ3n) is 4.54. The van der Waals surface area contributed by atoms with E-state index in [9.17, 15) is 9.18 Å². The van der Waals surface area contributed by atoms with E-state index in [1.807, 2.05) is 31.2 Å². The van der Waals surface area contributed by atoms with E-state index in [-0.39, 0.29) is 35.7 Å². The standard InChI is InChI=1S/C24H33FN4O2.HI/c1-4-26-24(27-15-5-6-17-31-22-12-10-21(25)11-13-22)28-16-14-19-8-7-9-20(18-19)23(30)29(2)3;/h7-13,18H,4-6,14-17H2,1-3H3,(H2,26,27,28);1H. The van der Waals surface area contributed by atoms with Crippen molar-refractivity contribution in [3.05, 3.63) is 65.5 Å². The van der Waals surface area contributed by atoms with Crippen LogP contribution in [-0.2, 0) is 6.42 Å². The van der Waals surface area contributed by atoms with E-state index in [1.165, 1.54) is 12.1 Å². The number of unbranched alkanes of at least 4 members (excludes halogenated alkanes) is 1. The summed E-state index contributed by atoms with van der Waals surface area (Å²) in [7, 11) is 3.51. The fourth-order valence-corrected chi connectivity index (χ4v) is 2.91. The van der Waals surface area contributed by atoms with Crippen molar-refractivity contribution >= 4 is 35.8 Å². The lowest BCUT2D eigenvalue weighted by Crippen LogP contribution is -2.38. The first-order valence-electron chi connectivity index (χ1n) is 10.7. The van der Waals surface area contributed by atoms with Crippen LogP contribution in [0.1, 0.15) is 35.7 Å². The number of hydrogen-bond donors (Lipinski definition) is 2. The quantitative estimate of drug-likeness (QED) is 0.189. The van der Waals surface area contributed by atoms with Gasteiger partial charge in [-0.25, -0.2) is 4.39 Å². The Morgan fingerprint density at radius 2 is 1.84 bits per heavy atom. The summed E-state index contributed by atoms with van der Waals surface area (Å²) < 4.78 is 18.5. The molecule has 0 unspecified atom stereocenters. The normalized spacial score (nSPS) is 10.8. The van der Waals surface area contributed by atoms with E-state index in [4.69, 9.17) is 4.74 Å². The second-order valence-corrected chi connectivity index (χ2v) is 7.35. The first kappa shape index (κ1) is 27.7. The average Bonchev–Trinajstić information content (AvgIpc) is 2.77. The lowest BCUT2D eigenvalue weighted by atomic mass is 10.1. The summed E-state index contributed by atoms with van der Waals surface area (Å²) in [5.41, 5.74) is 1.81. The number of carbonyl (C=O) groups is 1. The molecule has 2 aromatic carbocycles. The molecule has 2 rings (SSSR count). The Morgan fingerprint density at radius 3 is 2.53 bits per heavy atom. The van der Waals surface area contributed by atoms with E-state index in [0.717, 1.165) is 43.9 Å². The number of benzene rings is 2. The number of amides is 1. The molecule has 32 heavy (non-hydrogen) atoms. The SMILES string of the molecule is CCNC(=NCCCCOc1ccc(F)cc1)NCCc1cccc(C(=O)N(C)C)c1.I. The van der Waals surface area contributed by atoms with Gasteiger partial charge < -0.3 is 20.3 Å². The van der Waals surface area contributed by atoms with Crippen molar-refractivity contribution in [1.29, 1.82) is 0 Å². The molecule has 0 radical (unpaired) electrons. The summed E-state index contributed by atoms with van der Waals surface area (Å²) in [6.07, 6.45) is 2.56. The molecule has 1 amide bonds. The predicted octanol–water partition coefficient (Wildman–Crippen LogP) is 4.10. The Labute approximate surface area is 207 Å². The maximum atomic E-state index is 12.9. The summed E-state index contributed by atoms with van der Waals surface area (Å²) in [4.78, 5) is 18.3. The largest absolute Gasteiger partial charge is 0.494 e.